The molecular weight excluding hydrogens is 407 g/mol. The molecule has 0 N–H and O–H groups in total. The quantitative estimate of drug-likeness (QED) is 0.754. The summed E-state index contributed by atoms with van der Waals surface area (Å²) < 4.78 is 39.5. The van der Waals surface area contributed by atoms with Crippen molar-refractivity contribution >= 4 is 21.8 Å². The number of benzene rings is 2. The SMILES string of the molecule is O=C(CN1C(=O)c2ccccc2S1(=O)=O)N1C2CCC1CC(c1ccc(F)cc1)C2. The summed E-state index contributed by atoms with van der Waals surface area (Å²) in [4.78, 5) is 27.5. The molecule has 2 saturated heterocycles. The number of carbonyl (C=O) groups excluding carboxylic acids is 2. The topological polar surface area (TPSA) is 74.8 Å². The lowest BCUT2D eigenvalue weighted by molar-refractivity contribution is -0.135. The zero-order valence-electron chi connectivity index (χ0n) is 16.2. The molecule has 0 radical (unpaired) electrons. The average molecular weight is 428 g/mol. The first-order chi connectivity index (χ1) is 14.4. The van der Waals surface area contributed by atoms with Gasteiger partial charge in [-0.25, -0.2) is 17.1 Å². The van der Waals surface area contributed by atoms with E-state index in [-0.39, 0.29) is 40.2 Å². The minimum absolute atomic E-state index is 0.00841. The van der Waals surface area contributed by atoms with Gasteiger partial charge in [0.05, 0.1) is 5.56 Å². The number of carbonyl (C=O) groups is 2. The number of piperidine rings is 1. The zero-order chi connectivity index (χ0) is 21.0. The van der Waals surface area contributed by atoms with Crippen molar-refractivity contribution in [2.24, 2.45) is 0 Å². The van der Waals surface area contributed by atoms with Crippen LogP contribution in [0.15, 0.2) is 53.4 Å². The van der Waals surface area contributed by atoms with Gasteiger partial charge in [0.2, 0.25) is 5.91 Å². The molecule has 2 fully saturated rings. The summed E-state index contributed by atoms with van der Waals surface area (Å²) in [7, 11) is -4.00. The normalized spacial score (nSPS) is 26.7. The van der Waals surface area contributed by atoms with Gasteiger partial charge in [0, 0.05) is 12.1 Å². The third kappa shape index (κ3) is 2.93. The molecule has 0 aromatic heterocycles. The molecule has 156 valence electrons. The number of halogens is 1. The second-order valence-electron chi connectivity index (χ2n) is 8.22. The van der Waals surface area contributed by atoms with Crippen LogP contribution in [0.1, 0.15) is 47.5 Å². The number of sulfonamides is 1. The van der Waals surface area contributed by atoms with Gasteiger partial charge < -0.3 is 4.90 Å². The predicted octanol–water partition coefficient (Wildman–Crippen LogP) is 2.91. The van der Waals surface area contributed by atoms with Gasteiger partial charge in [0.25, 0.3) is 15.9 Å². The summed E-state index contributed by atoms with van der Waals surface area (Å²) in [6.45, 7) is -0.468. The molecular formula is C22H21FN2O4S. The van der Waals surface area contributed by atoms with Crippen LogP contribution in [0, 0.1) is 5.82 Å². The van der Waals surface area contributed by atoms with Crippen LogP contribution in [-0.2, 0) is 14.8 Å². The van der Waals surface area contributed by atoms with Crippen LogP contribution in [0.4, 0.5) is 4.39 Å². The standard InChI is InChI=1S/C22H21FN2O4S/c23-16-7-5-14(6-8-16)15-11-17-9-10-18(12-15)25(17)21(26)13-24-22(27)19-3-1-2-4-20(19)30(24,28)29/h1-8,15,17-18H,9-13H2. The molecule has 6 nitrogen and oxygen atoms in total. The van der Waals surface area contributed by atoms with E-state index in [0.717, 1.165) is 31.2 Å². The Bertz CT molecular complexity index is 1120. The van der Waals surface area contributed by atoms with E-state index in [4.69, 9.17) is 0 Å². The second-order valence-corrected chi connectivity index (χ2v) is 10.0. The number of amides is 2. The Morgan fingerprint density at radius 3 is 2.27 bits per heavy atom. The van der Waals surface area contributed by atoms with Crippen molar-refractivity contribution in [1.29, 1.82) is 0 Å². The first-order valence-electron chi connectivity index (χ1n) is 10.1. The zero-order valence-corrected chi connectivity index (χ0v) is 17.0. The van der Waals surface area contributed by atoms with Crippen molar-refractivity contribution in [3.05, 3.63) is 65.5 Å². The largest absolute Gasteiger partial charge is 0.335 e. The number of hydrogen-bond acceptors (Lipinski definition) is 4. The van der Waals surface area contributed by atoms with Crippen LogP contribution >= 0.6 is 0 Å². The van der Waals surface area contributed by atoms with Crippen molar-refractivity contribution in [1.82, 2.24) is 9.21 Å². The fourth-order valence-corrected chi connectivity index (χ4v) is 6.70. The number of hydrogen-bond donors (Lipinski definition) is 0. The lowest BCUT2D eigenvalue weighted by atomic mass is 9.85. The minimum atomic E-state index is -4.00. The highest BCUT2D eigenvalue weighted by Crippen LogP contribution is 2.43. The molecule has 2 aromatic carbocycles. The Hall–Kier alpha value is -2.74. The van der Waals surface area contributed by atoms with E-state index >= 15 is 0 Å². The molecule has 2 bridgehead atoms. The van der Waals surface area contributed by atoms with Crippen LogP contribution in [-0.4, -0.2) is 48.1 Å². The summed E-state index contributed by atoms with van der Waals surface area (Å²) in [5, 5.41) is 0. The van der Waals surface area contributed by atoms with Gasteiger partial charge in [-0.05, 0) is 61.4 Å². The summed E-state index contributed by atoms with van der Waals surface area (Å²) in [6.07, 6.45) is 3.23. The fraction of sp³-hybridized carbons (Fsp3) is 0.364. The Kier molecular flexibility index (Phi) is 4.43. The highest BCUT2D eigenvalue weighted by molar-refractivity contribution is 7.90. The van der Waals surface area contributed by atoms with Gasteiger partial charge in [0.15, 0.2) is 0 Å². The predicted molar refractivity (Wildman–Crippen MR) is 107 cm³/mol. The smallest absolute Gasteiger partial charge is 0.269 e. The van der Waals surface area contributed by atoms with Crippen LogP contribution < -0.4 is 0 Å². The van der Waals surface area contributed by atoms with E-state index in [2.05, 4.69) is 0 Å². The van der Waals surface area contributed by atoms with E-state index in [1.54, 1.807) is 29.2 Å². The molecule has 3 aliphatic heterocycles. The second kappa shape index (κ2) is 6.91. The van der Waals surface area contributed by atoms with Gasteiger partial charge in [-0.2, -0.15) is 0 Å². The van der Waals surface area contributed by atoms with Crippen LogP contribution in [0.3, 0.4) is 0 Å². The summed E-state index contributed by atoms with van der Waals surface area (Å²) in [6, 6.07) is 12.6. The summed E-state index contributed by atoms with van der Waals surface area (Å²) >= 11 is 0. The van der Waals surface area contributed by atoms with Crippen LogP contribution in [0.25, 0.3) is 0 Å². The molecule has 30 heavy (non-hydrogen) atoms. The number of nitrogens with zero attached hydrogens (tertiary/aromatic N) is 2. The Labute approximate surface area is 174 Å². The van der Waals surface area contributed by atoms with Crippen molar-refractivity contribution in [3.63, 3.8) is 0 Å². The molecule has 2 aromatic rings. The Balaban J connectivity index is 1.34. The molecule has 0 saturated carbocycles. The first-order valence-corrected chi connectivity index (χ1v) is 11.5. The highest BCUT2D eigenvalue weighted by atomic mass is 32.2. The van der Waals surface area contributed by atoms with Crippen molar-refractivity contribution in [2.75, 3.05) is 6.54 Å². The molecule has 3 heterocycles. The van der Waals surface area contributed by atoms with Gasteiger partial charge in [-0.3, -0.25) is 9.59 Å². The van der Waals surface area contributed by atoms with Crippen molar-refractivity contribution in [3.8, 4) is 0 Å². The van der Waals surface area contributed by atoms with E-state index < -0.39 is 22.5 Å². The number of rotatable bonds is 3. The monoisotopic (exact) mass is 428 g/mol. The van der Waals surface area contributed by atoms with Crippen molar-refractivity contribution < 1.29 is 22.4 Å². The fourth-order valence-electron chi connectivity index (χ4n) is 5.18. The maximum Gasteiger partial charge on any atom is 0.269 e. The van der Waals surface area contributed by atoms with Crippen LogP contribution in [0.2, 0.25) is 0 Å². The van der Waals surface area contributed by atoms with E-state index in [1.807, 2.05) is 0 Å². The Morgan fingerprint density at radius 1 is 1.00 bits per heavy atom. The molecule has 8 heteroatoms. The molecule has 2 atom stereocenters. The molecule has 2 amide bonds. The number of fused-ring (bicyclic) bond motifs is 3. The average Bonchev–Trinajstić information content (AvgIpc) is 3.11. The molecule has 0 spiro atoms. The first kappa shape index (κ1) is 19.2. The molecule has 0 aliphatic carbocycles. The van der Waals surface area contributed by atoms with Crippen molar-refractivity contribution in [2.45, 2.75) is 48.6 Å². The van der Waals surface area contributed by atoms with Gasteiger partial charge in [-0.1, -0.05) is 24.3 Å². The molecule has 5 rings (SSSR count). The lowest BCUT2D eigenvalue weighted by Crippen LogP contribution is -2.50. The van der Waals surface area contributed by atoms with E-state index in [0.29, 0.717) is 4.31 Å². The van der Waals surface area contributed by atoms with E-state index in [9.17, 15) is 22.4 Å². The highest BCUT2D eigenvalue weighted by Gasteiger charge is 2.47. The lowest BCUT2D eigenvalue weighted by Gasteiger charge is -2.39. The van der Waals surface area contributed by atoms with E-state index in [1.165, 1.54) is 24.3 Å². The summed E-state index contributed by atoms with van der Waals surface area (Å²) in [5.41, 5.74) is 1.18. The minimum Gasteiger partial charge on any atom is -0.335 e. The van der Waals surface area contributed by atoms with Gasteiger partial charge >= 0.3 is 0 Å². The molecule has 3 aliphatic rings. The third-order valence-corrected chi connectivity index (χ3v) is 8.34. The summed E-state index contributed by atoms with van der Waals surface area (Å²) in [5.74, 6) is -1.00. The van der Waals surface area contributed by atoms with Gasteiger partial charge in [0.1, 0.15) is 17.3 Å². The third-order valence-electron chi connectivity index (χ3n) is 6.55. The molecule has 2 unspecified atom stereocenters. The maximum absolute atomic E-state index is 13.2. The van der Waals surface area contributed by atoms with Crippen LogP contribution in [0.5, 0.6) is 0 Å². The van der Waals surface area contributed by atoms with Gasteiger partial charge in [-0.15, -0.1) is 0 Å². The Morgan fingerprint density at radius 2 is 1.63 bits per heavy atom. The maximum atomic E-state index is 13.2.